The standard InChI is InChI=1S/C26H41NO2.BrH/c1-8-27(9-2)18-19-29-25(28)20-22(4)13-10-12-21(3)15-16-24-23(5)14-11-17-26(24,6)7;/h10,12-13,15-16,20H,8-9,11,14,17-19H2,1-7H3;1H/b13-10?,16-15?,21-12?,22-20-;. The summed E-state index contributed by atoms with van der Waals surface area (Å²) in [5.41, 5.74) is 5.33. The summed E-state index contributed by atoms with van der Waals surface area (Å²) in [4.78, 5) is 14.1. The van der Waals surface area contributed by atoms with Gasteiger partial charge in [0.15, 0.2) is 0 Å². The number of carbonyl (C=O) groups is 1. The summed E-state index contributed by atoms with van der Waals surface area (Å²) in [5, 5.41) is 0. The third kappa shape index (κ3) is 10.6. The van der Waals surface area contributed by atoms with Crippen molar-refractivity contribution in [1.82, 2.24) is 4.90 Å². The van der Waals surface area contributed by atoms with E-state index in [2.05, 4.69) is 64.7 Å². The highest BCUT2D eigenvalue weighted by atomic mass is 79.9. The molecule has 0 N–H and O–H groups in total. The Morgan fingerprint density at radius 2 is 1.80 bits per heavy atom. The van der Waals surface area contributed by atoms with Crippen LogP contribution in [0.25, 0.3) is 0 Å². The Bertz CT molecular complexity index is 692. The molecular weight excluding hydrogens is 438 g/mol. The summed E-state index contributed by atoms with van der Waals surface area (Å²) in [6.07, 6.45) is 15.8. The number of carbonyl (C=O) groups excluding carboxylic acids is 1. The zero-order valence-electron chi connectivity index (χ0n) is 20.1. The van der Waals surface area contributed by atoms with E-state index in [9.17, 15) is 4.79 Å². The Balaban J connectivity index is 0.00000841. The number of allylic oxidation sites excluding steroid dienone is 9. The average Bonchev–Trinajstić information content (AvgIpc) is 2.64. The summed E-state index contributed by atoms with van der Waals surface area (Å²) in [6, 6.07) is 0. The molecule has 0 saturated carbocycles. The third-order valence-corrected chi connectivity index (χ3v) is 5.67. The monoisotopic (exact) mass is 479 g/mol. The first-order valence-electron chi connectivity index (χ1n) is 11.0. The lowest BCUT2D eigenvalue weighted by Crippen LogP contribution is -2.27. The Morgan fingerprint density at radius 1 is 1.13 bits per heavy atom. The van der Waals surface area contributed by atoms with E-state index in [0.717, 1.165) is 25.2 Å². The Hall–Kier alpha value is -1.39. The molecule has 0 heterocycles. The molecule has 0 unspecified atom stereocenters. The van der Waals surface area contributed by atoms with Gasteiger partial charge in [0.2, 0.25) is 0 Å². The molecule has 3 nitrogen and oxygen atoms in total. The Labute approximate surface area is 195 Å². The average molecular weight is 481 g/mol. The molecule has 0 amide bonds. The number of halogens is 1. The quantitative estimate of drug-likeness (QED) is 0.192. The van der Waals surface area contributed by atoms with Crippen molar-refractivity contribution in [2.75, 3.05) is 26.2 Å². The van der Waals surface area contributed by atoms with E-state index in [-0.39, 0.29) is 28.4 Å². The highest BCUT2D eigenvalue weighted by Crippen LogP contribution is 2.40. The third-order valence-electron chi connectivity index (χ3n) is 5.67. The van der Waals surface area contributed by atoms with Crippen LogP contribution in [-0.2, 0) is 9.53 Å². The van der Waals surface area contributed by atoms with Crippen molar-refractivity contribution in [3.8, 4) is 0 Å². The van der Waals surface area contributed by atoms with Gasteiger partial charge in [0.25, 0.3) is 0 Å². The first-order chi connectivity index (χ1) is 13.7. The van der Waals surface area contributed by atoms with Crippen molar-refractivity contribution < 1.29 is 9.53 Å². The maximum Gasteiger partial charge on any atom is 0.331 e. The van der Waals surface area contributed by atoms with Gasteiger partial charge >= 0.3 is 5.97 Å². The fourth-order valence-electron chi connectivity index (χ4n) is 3.72. The van der Waals surface area contributed by atoms with Gasteiger partial charge in [-0.25, -0.2) is 4.79 Å². The lowest BCUT2D eigenvalue weighted by molar-refractivity contribution is -0.138. The fourth-order valence-corrected chi connectivity index (χ4v) is 3.72. The lowest BCUT2D eigenvalue weighted by atomic mass is 9.72. The summed E-state index contributed by atoms with van der Waals surface area (Å²) in [7, 11) is 0. The minimum Gasteiger partial charge on any atom is -0.461 e. The largest absolute Gasteiger partial charge is 0.461 e. The maximum atomic E-state index is 11.9. The molecule has 1 aliphatic carbocycles. The minimum atomic E-state index is -0.276. The summed E-state index contributed by atoms with van der Waals surface area (Å²) >= 11 is 0. The Kier molecular flexibility index (Phi) is 13.9. The normalized spacial score (nSPS) is 17.7. The fraction of sp³-hybridized carbons (Fsp3) is 0.577. The molecule has 0 atom stereocenters. The van der Waals surface area contributed by atoms with Crippen molar-refractivity contribution in [2.45, 2.75) is 67.7 Å². The molecule has 0 aliphatic heterocycles. The molecule has 0 radical (unpaired) electrons. The van der Waals surface area contributed by atoms with Gasteiger partial charge in [0.1, 0.15) is 6.61 Å². The second kappa shape index (κ2) is 14.6. The van der Waals surface area contributed by atoms with Crippen LogP contribution >= 0.6 is 17.0 Å². The van der Waals surface area contributed by atoms with Gasteiger partial charge in [-0.3, -0.25) is 0 Å². The molecule has 0 aromatic carbocycles. The van der Waals surface area contributed by atoms with Crippen LogP contribution in [0.15, 0.2) is 58.7 Å². The second-order valence-corrected chi connectivity index (χ2v) is 8.62. The van der Waals surface area contributed by atoms with Crippen LogP contribution in [0.3, 0.4) is 0 Å². The van der Waals surface area contributed by atoms with E-state index in [1.807, 2.05) is 19.1 Å². The van der Waals surface area contributed by atoms with Gasteiger partial charge in [-0.15, -0.1) is 17.0 Å². The van der Waals surface area contributed by atoms with Gasteiger partial charge in [-0.1, -0.05) is 69.2 Å². The van der Waals surface area contributed by atoms with E-state index < -0.39 is 0 Å². The van der Waals surface area contributed by atoms with Crippen molar-refractivity contribution >= 4 is 23.0 Å². The lowest BCUT2D eigenvalue weighted by Gasteiger charge is -2.32. The van der Waals surface area contributed by atoms with Crippen molar-refractivity contribution in [2.24, 2.45) is 5.41 Å². The number of hydrogen-bond donors (Lipinski definition) is 0. The molecule has 4 heteroatoms. The number of hydrogen-bond acceptors (Lipinski definition) is 3. The first kappa shape index (κ1) is 28.6. The molecule has 0 saturated heterocycles. The number of rotatable bonds is 10. The van der Waals surface area contributed by atoms with Gasteiger partial charge in [-0.2, -0.15) is 0 Å². The molecule has 0 aromatic rings. The van der Waals surface area contributed by atoms with Crippen LogP contribution in [0.2, 0.25) is 0 Å². The predicted molar refractivity (Wildman–Crippen MR) is 135 cm³/mol. The van der Waals surface area contributed by atoms with Crippen LogP contribution in [0, 0.1) is 5.41 Å². The van der Waals surface area contributed by atoms with Gasteiger partial charge in [0.05, 0.1) is 0 Å². The molecule has 0 fully saturated rings. The number of likely N-dealkylation sites (N-methyl/N-ethyl adjacent to an activating group) is 1. The number of nitrogens with zero attached hydrogens (tertiary/aromatic N) is 1. The smallest absolute Gasteiger partial charge is 0.331 e. The van der Waals surface area contributed by atoms with Crippen LogP contribution in [-0.4, -0.2) is 37.1 Å². The van der Waals surface area contributed by atoms with Crippen molar-refractivity contribution in [3.63, 3.8) is 0 Å². The van der Waals surface area contributed by atoms with Crippen molar-refractivity contribution in [3.05, 3.63) is 58.7 Å². The topological polar surface area (TPSA) is 29.5 Å². The van der Waals surface area contributed by atoms with Gasteiger partial charge in [0, 0.05) is 12.6 Å². The minimum absolute atomic E-state index is 0. The van der Waals surface area contributed by atoms with Crippen LogP contribution < -0.4 is 0 Å². The predicted octanol–water partition coefficient (Wildman–Crippen LogP) is 6.98. The van der Waals surface area contributed by atoms with E-state index in [4.69, 9.17) is 4.74 Å². The molecule has 1 aliphatic rings. The zero-order valence-corrected chi connectivity index (χ0v) is 21.8. The van der Waals surface area contributed by atoms with E-state index >= 15 is 0 Å². The molecular formula is C26H42BrNO2. The summed E-state index contributed by atoms with van der Waals surface area (Å²) in [5.74, 6) is -0.276. The molecule has 1 rings (SSSR count). The van der Waals surface area contributed by atoms with E-state index in [1.54, 1.807) is 6.08 Å². The van der Waals surface area contributed by atoms with Crippen LogP contribution in [0.4, 0.5) is 0 Å². The molecule has 30 heavy (non-hydrogen) atoms. The van der Waals surface area contributed by atoms with Crippen LogP contribution in [0.1, 0.15) is 67.7 Å². The van der Waals surface area contributed by atoms with E-state index in [1.165, 1.54) is 36.0 Å². The summed E-state index contributed by atoms with van der Waals surface area (Å²) in [6.45, 7) is 18.3. The van der Waals surface area contributed by atoms with Crippen molar-refractivity contribution in [1.29, 1.82) is 0 Å². The second-order valence-electron chi connectivity index (χ2n) is 8.62. The Morgan fingerprint density at radius 3 is 2.40 bits per heavy atom. The van der Waals surface area contributed by atoms with Crippen LogP contribution in [0.5, 0.6) is 0 Å². The van der Waals surface area contributed by atoms with Gasteiger partial charge < -0.3 is 9.64 Å². The van der Waals surface area contributed by atoms with E-state index in [0.29, 0.717) is 6.61 Å². The highest BCUT2D eigenvalue weighted by molar-refractivity contribution is 8.93. The SMILES string of the molecule is Br.CCN(CC)CCOC(=O)/C=C(/C)C=CC=C(C)C=CC1=C(C)CCCC1(C)C. The highest BCUT2D eigenvalue weighted by Gasteiger charge is 2.26. The maximum absolute atomic E-state index is 11.9. The molecule has 0 aromatic heterocycles. The molecule has 0 bridgehead atoms. The number of esters is 1. The summed E-state index contributed by atoms with van der Waals surface area (Å²) < 4.78 is 5.29. The first-order valence-corrected chi connectivity index (χ1v) is 11.0. The molecule has 0 spiro atoms. The number of ether oxygens (including phenoxy) is 1. The van der Waals surface area contributed by atoms with Gasteiger partial charge in [-0.05, 0) is 69.7 Å². The zero-order chi connectivity index (χ0) is 21.9. The molecule has 170 valence electrons.